The first kappa shape index (κ1) is 28.7. The van der Waals surface area contributed by atoms with E-state index in [1.165, 1.54) is 29.8 Å². The Hall–Kier alpha value is -4.31. The second kappa shape index (κ2) is 13.2. The molecule has 0 N–H and O–H groups in total. The molecule has 0 unspecified atom stereocenters. The van der Waals surface area contributed by atoms with Crippen LogP contribution in [-0.2, 0) is 6.42 Å². The monoisotopic (exact) mass is 549 g/mol. The van der Waals surface area contributed by atoms with Gasteiger partial charge in [-0.2, -0.15) is 0 Å². The Bertz CT molecular complexity index is 1320. The van der Waals surface area contributed by atoms with E-state index in [-0.39, 0.29) is 17.6 Å². The third-order valence-electron chi connectivity index (χ3n) is 7.28. The molecule has 0 bridgehead atoms. The summed E-state index contributed by atoms with van der Waals surface area (Å²) in [6.45, 7) is 2.54. The summed E-state index contributed by atoms with van der Waals surface area (Å²) in [5.74, 6) is 2.30. The van der Waals surface area contributed by atoms with E-state index in [2.05, 4.69) is 11.0 Å². The minimum absolute atomic E-state index is 0.0573. The molecule has 1 heterocycles. The van der Waals surface area contributed by atoms with Gasteiger partial charge in [-0.1, -0.05) is 6.07 Å². The molecule has 4 rings (SSSR count). The van der Waals surface area contributed by atoms with Crippen molar-refractivity contribution in [2.45, 2.75) is 25.3 Å². The summed E-state index contributed by atoms with van der Waals surface area (Å²) in [6, 6.07) is 17.1. The summed E-state index contributed by atoms with van der Waals surface area (Å²) in [5, 5.41) is 11.1. The van der Waals surface area contributed by atoms with E-state index in [0.29, 0.717) is 34.2 Å². The number of amides is 1. The first-order valence-corrected chi connectivity index (χ1v) is 13.1. The topological polar surface area (TPSA) is 104 Å². The molecule has 40 heavy (non-hydrogen) atoms. The average molecular weight is 550 g/mol. The highest BCUT2D eigenvalue weighted by molar-refractivity contribution is 6.06. The number of piperidine rings is 1. The Morgan fingerprint density at radius 1 is 0.850 bits per heavy atom. The molecule has 212 valence electrons. The van der Waals surface area contributed by atoms with Crippen LogP contribution in [0.4, 0.5) is 11.4 Å². The number of hydrogen-bond donors (Lipinski definition) is 0. The van der Waals surface area contributed by atoms with E-state index in [9.17, 15) is 14.9 Å². The molecule has 10 heteroatoms. The lowest BCUT2D eigenvalue weighted by molar-refractivity contribution is -0.384. The lowest BCUT2D eigenvalue weighted by Gasteiger charge is -2.39. The van der Waals surface area contributed by atoms with Gasteiger partial charge in [-0.15, -0.1) is 0 Å². The standard InChI is InChI=1S/C30H35N3O7/c1-37-26-11-5-21(19-28(26)39-3)13-16-31-17-14-23(15-18-31)32(25-10-12-27(38-2)29(20-25)40-4)30(34)22-6-8-24(9-7-22)33(35)36/h5-12,19-20,23H,13-18H2,1-4H3. The molecule has 0 aromatic heterocycles. The number of nitro groups is 1. The van der Waals surface area contributed by atoms with Crippen LogP contribution in [0.1, 0.15) is 28.8 Å². The van der Waals surface area contributed by atoms with Crippen molar-refractivity contribution in [1.82, 2.24) is 4.90 Å². The summed E-state index contributed by atoms with van der Waals surface area (Å²) in [5.41, 5.74) is 2.18. The molecule has 1 aliphatic rings. The van der Waals surface area contributed by atoms with Crippen molar-refractivity contribution >= 4 is 17.3 Å². The fourth-order valence-electron chi connectivity index (χ4n) is 5.06. The van der Waals surface area contributed by atoms with Gasteiger partial charge in [0.2, 0.25) is 0 Å². The lowest BCUT2D eigenvalue weighted by Crippen LogP contribution is -2.48. The van der Waals surface area contributed by atoms with Crippen molar-refractivity contribution < 1.29 is 28.7 Å². The second-order valence-electron chi connectivity index (χ2n) is 9.53. The first-order valence-electron chi connectivity index (χ1n) is 13.1. The summed E-state index contributed by atoms with van der Waals surface area (Å²) < 4.78 is 21.7. The summed E-state index contributed by atoms with van der Waals surface area (Å²) in [4.78, 5) is 28.7. The number of rotatable bonds is 11. The van der Waals surface area contributed by atoms with Gasteiger partial charge in [0, 0.05) is 55.1 Å². The van der Waals surface area contributed by atoms with Crippen molar-refractivity contribution in [2.24, 2.45) is 0 Å². The SMILES string of the molecule is COc1ccc(CCN2CCC(N(C(=O)c3ccc([N+](=O)[O-])cc3)c3ccc(OC)c(OC)c3)CC2)cc1OC. The maximum atomic E-state index is 13.8. The van der Waals surface area contributed by atoms with Crippen molar-refractivity contribution in [3.05, 3.63) is 81.9 Å². The van der Waals surface area contributed by atoms with Crippen LogP contribution in [0.2, 0.25) is 0 Å². The fraction of sp³-hybridized carbons (Fsp3) is 0.367. The smallest absolute Gasteiger partial charge is 0.269 e. The quantitative estimate of drug-likeness (QED) is 0.244. The van der Waals surface area contributed by atoms with Crippen LogP contribution in [0.25, 0.3) is 0 Å². The average Bonchev–Trinajstić information content (AvgIpc) is 3.00. The molecular formula is C30H35N3O7. The van der Waals surface area contributed by atoms with Gasteiger partial charge in [-0.05, 0) is 61.2 Å². The highest BCUT2D eigenvalue weighted by Crippen LogP contribution is 2.35. The molecule has 1 saturated heterocycles. The van der Waals surface area contributed by atoms with E-state index in [1.807, 2.05) is 18.2 Å². The number of hydrogen-bond acceptors (Lipinski definition) is 8. The summed E-state index contributed by atoms with van der Waals surface area (Å²) >= 11 is 0. The van der Waals surface area contributed by atoms with Crippen LogP contribution in [0, 0.1) is 10.1 Å². The van der Waals surface area contributed by atoms with Gasteiger partial charge in [0.25, 0.3) is 11.6 Å². The zero-order valence-corrected chi connectivity index (χ0v) is 23.3. The van der Waals surface area contributed by atoms with Gasteiger partial charge in [-0.25, -0.2) is 0 Å². The maximum absolute atomic E-state index is 13.8. The normalized spacial score (nSPS) is 13.9. The van der Waals surface area contributed by atoms with Crippen molar-refractivity contribution in [1.29, 1.82) is 0 Å². The van der Waals surface area contributed by atoms with Crippen molar-refractivity contribution in [2.75, 3.05) is 53.0 Å². The Balaban J connectivity index is 1.50. The number of nitro benzene ring substituents is 1. The maximum Gasteiger partial charge on any atom is 0.269 e. The van der Waals surface area contributed by atoms with E-state index in [0.717, 1.165) is 38.9 Å². The molecule has 10 nitrogen and oxygen atoms in total. The number of ether oxygens (including phenoxy) is 4. The molecule has 1 fully saturated rings. The fourth-order valence-corrected chi connectivity index (χ4v) is 5.06. The summed E-state index contributed by atoms with van der Waals surface area (Å²) in [7, 11) is 6.38. The second-order valence-corrected chi connectivity index (χ2v) is 9.53. The number of likely N-dealkylation sites (tertiary alicyclic amines) is 1. The molecule has 0 spiro atoms. The van der Waals surface area contributed by atoms with Crippen LogP contribution >= 0.6 is 0 Å². The van der Waals surface area contributed by atoms with Crippen LogP contribution in [0.15, 0.2) is 60.7 Å². The van der Waals surface area contributed by atoms with Gasteiger partial charge in [-0.3, -0.25) is 14.9 Å². The molecule has 3 aromatic rings. The zero-order chi connectivity index (χ0) is 28.6. The van der Waals surface area contributed by atoms with Crippen LogP contribution < -0.4 is 23.8 Å². The van der Waals surface area contributed by atoms with Crippen molar-refractivity contribution in [3.8, 4) is 23.0 Å². The Labute approximate surface area is 234 Å². The third kappa shape index (κ3) is 6.45. The van der Waals surface area contributed by atoms with Gasteiger partial charge in [0.05, 0.1) is 33.4 Å². The van der Waals surface area contributed by atoms with Gasteiger partial charge in [0.15, 0.2) is 23.0 Å². The van der Waals surface area contributed by atoms with Crippen LogP contribution in [-0.4, -0.2) is 69.8 Å². The number of non-ortho nitro benzene ring substituents is 1. The van der Waals surface area contributed by atoms with Gasteiger partial charge in [0.1, 0.15) is 0 Å². The van der Waals surface area contributed by atoms with E-state index in [1.54, 1.807) is 45.5 Å². The minimum Gasteiger partial charge on any atom is -0.493 e. The van der Waals surface area contributed by atoms with E-state index >= 15 is 0 Å². The van der Waals surface area contributed by atoms with Gasteiger partial charge >= 0.3 is 0 Å². The van der Waals surface area contributed by atoms with E-state index in [4.69, 9.17) is 18.9 Å². The number of benzene rings is 3. The number of anilines is 1. The highest BCUT2D eigenvalue weighted by Gasteiger charge is 2.31. The molecule has 0 atom stereocenters. The Morgan fingerprint density at radius 3 is 2.00 bits per heavy atom. The summed E-state index contributed by atoms with van der Waals surface area (Å²) in [6.07, 6.45) is 2.42. The lowest BCUT2D eigenvalue weighted by atomic mass is 10.00. The number of nitrogens with zero attached hydrogens (tertiary/aromatic N) is 3. The predicted octanol–water partition coefficient (Wildman–Crippen LogP) is 4.98. The van der Waals surface area contributed by atoms with Gasteiger partial charge < -0.3 is 28.7 Å². The molecule has 0 radical (unpaired) electrons. The Morgan fingerprint density at radius 2 is 1.43 bits per heavy atom. The van der Waals surface area contributed by atoms with Crippen molar-refractivity contribution in [3.63, 3.8) is 0 Å². The first-order chi connectivity index (χ1) is 19.4. The predicted molar refractivity (Wildman–Crippen MR) is 152 cm³/mol. The third-order valence-corrected chi connectivity index (χ3v) is 7.28. The molecule has 1 aliphatic heterocycles. The molecule has 0 saturated carbocycles. The highest BCUT2D eigenvalue weighted by atomic mass is 16.6. The molecule has 3 aromatic carbocycles. The zero-order valence-electron chi connectivity index (χ0n) is 23.3. The molecular weight excluding hydrogens is 514 g/mol. The molecule has 0 aliphatic carbocycles. The number of carbonyl (C=O) groups excluding carboxylic acids is 1. The van der Waals surface area contributed by atoms with Crippen LogP contribution in [0.3, 0.4) is 0 Å². The largest absolute Gasteiger partial charge is 0.493 e. The number of methoxy groups -OCH3 is 4. The molecule has 1 amide bonds. The Kier molecular flexibility index (Phi) is 9.44. The number of carbonyl (C=O) groups is 1. The van der Waals surface area contributed by atoms with E-state index < -0.39 is 4.92 Å². The van der Waals surface area contributed by atoms with Crippen LogP contribution in [0.5, 0.6) is 23.0 Å². The minimum atomic E-state index is -0.474.